The summed E-state index contributed by atoms with van der Waals surface area (Å²) in [5.74, 6) is 0. The predicted molar refractivity (Wildman–Crippen MR) is 76.7 cm³/mol. The Balaban J connectivity index is 2.63. The van der Waals surface area contributed by atoms with Crippen molar-refractivity contribution in [2.45, 2.75) is 21.7 Å². The fourth-order valence-electron chi connectivity index (χ4n) is 1.51. The highest BCUT2D eigenvalue weighted by Crippen LogP contribution is 2.36. The third-order valence-electron chi connectivity index (χ3n) is 2.44. The molecule has 0 aliphatic rings. The second kappa shape index (κ2) is 7.48. The molecule has 0 aliphatic heterocycles. The Morgan fingerprint density at radius 1 is 1.19 bits per heavy atom. The lowest BCUT2D eigenvalue weighted by Gasteiger charge is -2.11. The smallest absolute Gasteiger partial charge is 0.309 e. The molecule has 1 aromatic rings. The summed E-state index contributed by atoms with van der Waals surface area (Å²) >= 11 is -0.276. The minimum Gasteiger partial charge on any atom is -0.309 e. The Hall–Kier alpha value is -0.770. The predicted octanol–water partition coefficient (Wildman–Crippen LogP) is 2.53. The van der Waals surface area contributed by atoms with E-state index in [0.29, 0.717) is 6.42 Å². The van der Waals surface area contributed by atoms with Crippen molar-refractivity contribution in [2.75, 3.05) is 27.2 Å². The summed E-state index contributed by atoms with van der Waals surface area (Å²) in [6.07, 6.45) is 0.647. The molecule has 0 radical (unpaired) electrons. The second-order valence-corrected chi connectivity index (χ2v) is 7.48. The van der Waals surface area contributed by atoms with Gasteiger partial charge in [-0.25, -0.2) is 13.1 Å². The molecule has 0 saturated heterocycles. The van der Waals surface area contributed by atoms with Gasteiger partial charge in [-0.3, -0.25) is 0 Å². The van der Waals surface area contributed by atoms with Crippen LogP contribution in [0.5, 0.6) is 0 Å². The molecular formula is C12H17F3N2O2S2. The summed E-state index contributed by atoms with van der Waals surface area (Å²) in [6, 6.07) is 4.63. The summed E-state index contributed by atoms with van der Waals surface area (Å²) in [4.78, 5) is 1.84. The van der Waals surface area contributed by atoms with Gasteiger partial charge in [0.2, 0.25) is 10.0 Å². The first-order chi connectivity index (χ1) is 9.60. The number of benzene rings is 1. The van der Waals surface area contributed by atoms with Crippen LogP contribution >= 0.6 is 11.8 Å². The molecule has 0 bridgehead atoms. The van der Waals surface area contributed by atoms with Crippen molar-refractivity contribution >= 4 is 21.8 Å². The summed E-state index contributed by atoms with van der Waals surface area (Å²) < 4.78 is 62.8. The first-order valence-corrected chi connectivity index (χ1v) is 8.40. The molecular weight excluding hydrogens is 325 g/mol. The molecule has 9 heteroatoms. The molecule has 0 saturated carbocycles. The van der Waals surface area contributed by atoms with Gasteiger partial charge in [0.15, 0.2) is 0 Å². The molecule has 0 spiro atoms. The number of thioether (sulfide) groups is 1. The number of alkyl halides is 3. The largest absolute Gasteiger partial charge is 0.446 e. The van der Waals surface area contributed by atoms with E-state index in [1.165, 1.54) is 12.1 Å². The Morgan fingerprint density at radius 3 is 2.24 bits per heavy atom. The van der Waals surface area contributed by atoms with Crippen LogP contribution < -0.4 is 4.72 Å². The van der Waals surface area contributed by atoms with Gasteiger partial charge in [-0.15, -0.1) is 0 Å². The van der Waals surface area contributed by atoms with Gasteiger partial charge in [0.25, 0.3) is 0 Å². The highest BCUT2D eigenvalue weighted by atomic mass is 32.2. The van der Waals surface area contributed by atoms with Gasteiger partial charge in [0.05, 0.1) is 4.90 Å². The molecule has 0 unspecified atom stereocenters. The third-order valence-corrected chi connectivity index (χ3v) is 4.66. The Labute approximate surface area is 126 Å². The molecule has 0 atom stereocenters. The normalized spacial score (nSPS) is 12.9. The Bertz CT molecular complexity index is 543. The van der Waals surface area contributed by atoms with Crippen molar-refractivity contribution < 1.29 is 21.6 Å². The van der Waals surface area contributed by atoms with Crippen LogP contribution in [0, 0.1) is 0 Å². The minimum absolute atomic E-state index is 0.0427. The SMILES string of the molecule is CN(C)CCCNS(=O)(=O)c1ccc(SC(F)(F)F)cc1. The number of halogens is 3. The lowest BCUT2D eigenvalue weighted by Crippen LogP contribution is -2.27. The Kier molecular flexibility index (Phi) is 6.51. The van der Waals surface area contributed by atoms with Gasteiger partial charge < -0.3 is 4.90 Å². The monoisotopic (exact) mass is 342 g/mol. The van der Waals surface area contributed by atoms with E-state index in [1.807, 2.05) is 19.0 Å². The van der Waals surface area contributed by atoms with E-state index in [0.717, 1.165) is 18.7 Å². The van der Waals surface area contributed by atoms with Crippen molar-refractivity contribution in [3.8, 4) is 0 Å². The van der Waals surface area contributed by atoms with E-state index in [-0.39, 0.29) is 28.1 Å². The second-order valence-electron chi connectivity index (χ2n) is 4.57. The number of rotatable bonds is 7. The van der Waals surface area contributed by atoms with Crippen LogP contribution in [-0.4, -0.2) is 46.0 Å². The van der Waals surface area contributed by atoms with Crippen LogP contribution in [0.1, 0.15) is 6.42 Å². The molecule has 0 fully saturated rings. The molecule has 0 aromatic heterocycles. The van der Waals surface area contributed by atoms with Crippen LogP contribution in [0.15, 0.2) is 34.1 Å². The van der Waals surface area contributed by atoms with Crippen LogP contribution in [0.3, 0.4) is 0 Å². The maximum Gasteiger partial charge on any atom is 0.446 e. The van der Waals surface area contributed by atoms with Crippen molar-refractivity contribution in [3.05, 3.63) is 24.3 Å². The maximum atomic E-state index is 12.2. The van der Waals surface area contributed by atoms with Gasteiger partial charge in [-0.05, 0) is 63.1 Å². The first kappa shape index (κ1) is 18.3. The fraction of sp³-hybridized carbons (Fsp3) is 0.500. The number of nitrogens with one attached hydrogen (secondary N) is 1. The van der Waals surface area contributed by atoms with Crippen molar-refractivity contribution in [1.29, 1.82) is 0 Å². The van der Waals surface area contributed by atoms with Crippen LogP contribution in [0.2, 0.25) is 0 Å². The van der Waals surface area contributed by atoms with Gasteiger partial charge in [-0.2, -0.15) is 13.2 Å². The average molecular weight is 342 g/mol. The first-order valence-electron chi connectivity index (χ1n) is 6.10. The molecule has 1 rings (SSSR count). The van der Waals surface area contributed by atoms with Crippen LogP contribution in [0.4, 0.5) is 13.2 Å². The van der Waals surface area contributed by atoms with Gasteiger partial charge in [0, 0.05) is 11.4 Å². The molecule has 21 heavy (non-hydrogen) atoms. The van der Waals surface area contributed by atoms with E-state index < -0.39 is 15.5 Å². The minimum atomic E-state index is -4.38. The fourth-order valence-corrected chi connectivity index (χ4v) is 3.12. The zero-order valence-electron chi connectivity index (χ0n) is 11.6. The summed E-state index contributed by atoms with van der Waals surface area (Å²) in [5.41, 5.74) is -4.38. The molecule has 0 heterocycles. The highest BCUT2D eigenvalue weighted by Gasteiger charge is 2.29. The zero-order valence-corrected chi connectivity index (χ0v) is 13.3. The van der Waals surface area contributed by atoms with E-state index in [9.17, 15) is 21.6 Å². The summed E-state index contributed by atoms with van der Waals surface area (Å²) in [6.45, 7) is 1.02. The van der Waals surface area contributed by atoms with E-state index in [4.69, 9.17) is 0 Å². The van der Waals surface area contributed by atoms with Gasteiger partial charge in [0.1, 0.15) is 0 Å². The van der Waals surface area contributed by atoms with Crippen molar-refractivity contribution in [3.63, 3.8) is 0 Å². The van der Waals surface area contributed by atoms with Crippen LogP contribution in [-0.2, 0) is 10.0 Å². The van der Waals surface area contributed by atoms with Crippen molar-refractivity contribution in [2.24, 2.45) is 0 Å². The quantitative estimate of drug-likeness (QED) is 0.611. The number of sulfonamides is 1. The van der Waals surface area contributed by atoms with E-state index in [2.05, 4.69) is 4.72 Å². The molecule has 0 aliphatic carbocycles. The average Bonchev–Trinajstić information content (AvgIpc) is 2.33. The standard InChI is InChI=1S/C12H17F3N2O2S2/c1-17(2)9-3-8-16-21(18,19)11-6-4-10(5-7-11)20-12(13,14)15/h4-7,16H,3,8-9H2,1-2H3. The van der Waals surface area contributed by atoms with Crippen molar-refractivity contribution in [1.82, 2.24) is 9.62 Å². The van der Waals surface area contributed by atoms with E-state index >= 15 is 0 Å². The molecule has 120 valence electrons. The number of nitrogens with zero attached hydrogens (tertiary/aromatic N) is 1. The topological polar surface area (TPSA) is 49.4 Å². The number of hydrogen-bond acceptors (Lipinski definition) is 4. The highest BCUT2D eigenvalue weighted by molar-refractivity contribution is 8.00. The Morgan fingerprint density at radius 2 is 1.76 bits per heavy atom. The molecule has 1 N–H and O–H groups in total. The summed E-state index contributed by atoms with van der Waals surface area (Å²) in [5, 5.41) is 0. The third kappa shape index (κ3) is 7.16. The number of hydrogen-bond donors (Lipinski definition) is 1. The van der Waals surface area contributed by atoms with Gasteiger partial charge in [-0.1, -0.05) is 0 Å². The lowest BCUT2D eigenvalue weighted by atomic mass is 10.4. The molecule has 4 nitrogen and oxygen atoms in total. The zero-order chi connectivity index (χ0) is 16.1. The van der Waals surface area contributed by atoms with E-state index in [1.54, 1.807) is 0 Å². The molecule has 0 amide bonds. The van der Waals surface area contributed by atoms with Crippen LogP contribution in [0.25, 0.3) is 0 Å². The lowest BCUT2D eigenvalue weighted by molar-refractivity contribution is -0.0328. The summed E-state index contributed by atoms with van der Waals surface area (Å²) in [7, 11) is 0.0833. The van der Waals surface area contributed by atoms with Gasteiger partial charge >= 0.3 is 5.51 Å². The maximum absolute atomic E-state index is 12.2. The molecule has 1 aromatic carbocycles.